The number of thiophene rings is 2. The maximum absolute atomic E-state index is 5.38. The van der Waals surface area contributed by atoms with E-state index in [-0.39, 0.29) is 0 Å². The second-order valence-electron chi connectivity index (χ2n) is 11.1. The first-order valence-corrected chi connectivity index (χ1v) is 16.3. The minimum Gasteiger partial charge on any atom is -0.244 e. The van der Waals surface area contributed by atoms with Gasteiger partial charge >= 0.3 is 0 Å². The van der Waals surface area contributed by atoms with Crippen LogP contribution in [0.15, 0.2) is 127 Å². The summed E-state index contributed by atoms with van der Waals surface area (Å²) in [7, 11) is 0. The molecule has 0 aliphatic rings. The number of benzene rings is 6. The highest BCUT2D eigenvalue weighted by molar-refractivity contribution is 7.26. The minimum atomic E-state index is 0.645. The number of fused-ring (bicyclic) bond motifs is 11. The normalized spacial score (nSPS) is 12.1. The van der Waals surface area contributed by atoms with Crippen molar-refractivity contribution in [3.63, 3.8) is 0 Å². The highest BCUT2D eigenvalue weighted by Crippen LogP contribution is 2.44. The van der Waals surface area contributed by atoms with Gasteiger partial charge in [0.25, 0.3) is 0 Å². The number of hydrogen-bond acceptors (Lipinski definition) is 5. The lowest BCUT2D eigenvalue weighted by atomic mass is 9.98. The quantitative estimate of drug-likeness (QED) is 0.187. The number of para-hydroxylation sites is 2. The van der Waals surface area contributed by atoms with E-state index in [2.05, 4.69) is 127 Å². The standard InChI is InChI=1S/C39H21N3S2/c1-5-16-29-24(11-1)34-27(20-21-33-35(34)26-13-4-8-19-32(26)43-33)37(40-29)39-41-30-17-6-2-12-25(30)36(42-39)28-15-9-14-23-22-10-3-7-18-31(22)44-38(23)28/h1-21H. The van der Waals surface area contributed by atoms with Crippen LogP contribution in [0.1, 0.15) is 0 Å². The molecular weight excluding hydrogens is 575 g/mol. The van der Waals surface area contributed by atoms with Gasteiger partial charge in [0.2, 0.25) is 0 Å². The molecule has 0 radical (unpaired) electrons. The van der Waals surface area contributed by atoms with Crippen LogP contribution in [0, 0.1) is 0 Å². The Morgan fingerprint density at radius 2 is 1.02 bits per heavy atom. The van der Waals surface area contributed by atoms with E-state index in [1.54, 1.807) is 0 Å². The van der Waals surface area contributed by atoms with Gasteiger partial charge in [-0.2, -0.15) is 0 Å². The maximum atomic E-state index is 5.38. The molecule has 0 amide bonds. The Labute approximate surface area is 259 Å². The smallest absolute Gasteiger partial charge is 0.179 e. The van der Waals surface area contributed by atoms with Crippen molar-refractivity contribution in [2.45, 2.75) is 0 Å². The lowest BCUT2D eigenvalue weighted by Gasteiger charge is -2.13. The van der Waals surface area contributed by atoms with Crippen LogP contribution >= 0.6 is 22.7 Å². The number of nitrogens with zero attached hydrogens (tertiary/aromatic N) is 3. The van der Waals surface area contributed by atoms with Crippen LogP contribution < -0.4 is 0 Å². The van der Waals surface area contributed by atoms with Gasteiger partial charge in [0.1, 0.15) is 5.69 Å². The van der Waals surface area contributed by atoms with Crippen molar-refractivity contribution in [1.29, 1.82) is 0 Å². The molecule has 10 rings (SSSR count). The summed E-state index contributed by atoms with van der Waals surface area (Å²) in [4.78, 5) is 15.8. The Hall–Kier alpha value is -5.23. The molecule has 0 atom stereocenters. The van der Waals surface area contributed by atoms with E-state index in [1.807, 2.05) is 22.7 Å². The molecule has 0 saturated carbocycles. The van der Waals surface area contributed by atoms with Crippen molar-refractivity contribution < 1.29 is 0 Å². The molecule has 10 aromatic rings. The van der Waals surface area contributed by atoms with Gasteiger partial charge in [-0.25, -0.2) is 15.0 Å². The molecule has 4 heterocycles. The largest absolute Gasteiger partial charge is 0.244 e. The van der Waals surface area contributed by atoms with E-state index in [0.717, 1.165) is 44.1 Å². The second kappa shape index (κ2) is 9.13. The number of aromatic nitrogens is 3. The average Bonchev–Trinajstić information content (AvgIpc) is 3.66. The molecule has 0 saturated heterocycles. The van der Waals surface area contributed by atoms with Gasteiger partial charge in [-0.15, -0.1) is 22.7 Å². The molecule has 0 fully saturated rings. The summed E-state index contributed by atoms with van der Waals surface area (Å²) in [5, 5.41) is 9.56. The Bertz CT molecular complexity index is 2790. The van der Waals surface area contributed by atoms with Crippen LogP contribution in [-0.4, -0.2) is 15.0 Å². The number of pyridine rings is 1. The molecule has 5 heteroatoms. The van der Waals surface area contributed by atoms with E-state index in [1.165, 1.54) is 45.7 Å². The van der Waals surface area contributed by atoms with E-state index in [4.69, 9.17) is 15.0 Å². The van der Waals surface area contributed by atoms with Crippen molar-refractivity contribution in [1.82, 2.24) is 15.0 Å². The molecule has 44 heavy (non-hydrogen) atoms. The van der Waals surface area contributed by atoms with Crippen LogP contribution in [0.25, 0.3) is 95.7 Å². The van der Waals surface area contributed by atoms with Gasteiger partial charge in [0.15, 0.2) is 5.82 Å². The highest BCUT2D eigenvalue weighted by atomic mass is 32.1. The van der Waals surface area contributed by atoms with Crippen molar-refractivity contribution in [3.05, 3.63) is 127 Å². The molecule has 3 nitrogen and oxygen atoms in total. The maximum Gasteiger partial charge on any atom is 0.179 e. The highest BCUT2D eigenvalue weighted by Gasteiger charge is 2.20. The topological polar surface area (TPSA) is 38.7 Å². The van der Waals surface area contributed by atoms with Gasteiger partial charge in [-0.1, -0.05) is 97.1 Å². The molecule has 0 aliphatic carbocycles. The summed E-state index contributed by atoms with van der Waals surface area (Å²) >= 11 is 3.67. The molecule has 204 valence electrons. The Morgan fingerprint density at radius 1 is 0.364 bits per heavy atom. The first kappa shape index (κ1) is 24.2. The zero-order valence-corrected chi connectivity index (χ0v) is 24.9. The van der Waals surface area contributed by atoms with Crippen LogP contribution in [0.2, 0.25) is 0 Å². The Balaban J connectivity index is 1.34. The fourth-order valence-electron chi connectivity index (χ4n) is 6.75. The zero-order valence-electron chi connectivity index (χ0n) is 23.3. The first-order chi connectivity index (χ1) is 21.8. The monoisotopic (exact) mass is 595 g/mol. The summed E-state index contributed by atoms with van der Waals surface area (Å²) in [6.45, 7) is 0. The Morgan fingerprint density at radius 3 is 1.86 bits per heavy atom. The van der Waals surface area contributed by atoms with Gasteiger partial charge in [0.05, 0.1) is 16.7 Å². The predicted octanol–water partition coefficient (Wildman–Crippen LogP) is 11.4. The average molecular weight is 596 g/mol. The van der Waals surface area contributed by atoms with E-state index in [0.29, 0.717) is 5.82 Å². The van der Waals surface area contributed by atoms with Crippen molar-refractivity contribution in [2.24, 2.45) is 0 Å². The molecule has 0 aliphatic heterocycles. The SMILES string of the molecule is c1ccc2c(-c3cccc4c3sc3ccccc34)nc(-c3nc4ccccc4c4c3ccc3sc5ccccc5c34)nc2c1. The van der Waals surface area contributed by atoms with Crippen LogP contribution in [-0.2, 0) is 0 Å². The summed E-state index contributed by atoms with van der Waals surface area (Å²) in [6, 6.07) is 45.1. The third-order valence-electron chi connectivity index (χ3n) is 8.68. The molecule has 0 bridgehead atoms. The zero-order chi connectivity index (χ0) is 28.8. The van der Waals surface area contributed by atoms with E-state index >= 15 is 0 Å². The molecule has 6 aromatic carbocycles. The molecule has 0 spiro atoms. The number of rotatable bonds is 2. The van der Waals surface area contributed by atoms with Crippen LogP contribution in [0.4, 0.5) is 0 Å². The van der Waals surface area contributed by atoms with Gasteiger partial charge in [-0.05, 0) is 30.3 Å². The van der Waals surface area contributed by atoms with Crippen molar-refractivity contribution >= 4 is 95.6 Å². The summed E-state index contributed by atoms with van der Waals surface area (Å²) in [5.41, 5.74) is 4.73. The number of hydrogen-bond donors (Lipinski definition) is 0. The third kappa shape index (κ3) is 3.39. The fraction of sp³-hybridized carbons (Fsp3) is 0. The summed E-state index contributed by atoms with van der Waals surface area (Å²) in [6.07, 6.45) is 0. The minimum absolute atomic E-state index is 0.645. The molecule has 0 unspecified atom stereocenters. The molecule has 4 aromatic heterocycles. The van der Waals surface area contributed by atoms with Gasteiger partial charge in [-0.3, -0.25) is 0 Å². The lowest BCUT2D eigenvalue weighted by Crippen LogP contribution is -1.98. The van der Waals surface area contributed by atoms with Gasteiger partial charge in [0, 0.05) is 67.5 Å². The van der Waals surface area contributed by atoms with Crippen LogP contribution in [0.3, 0.4) is 0 Å². The fourth-order valence-corrected chi connectivity index (χ4v) is 9.08. The summed E-state index contributed by atoms with van der Waals surface area (Å²) in [5.74, 6) is 0.645. The van der Waals surface area contributed by atoms with E-state index in [9.17, 15) is 0 Å². The van der Waals surface area contributed by atoms with Crippen LogP contribution in [0.5, 0.6) is 0 Å². The summed E-state index contributed by atoms with van der Waals surface area (Å²) < 4.78 is 5.09. The first-order valence-electron chi connectivity index (χ1n) is 14.6. The third-order valence-corrected chi connectivity index (χ3v) is 11.0. The van der Waals surface area contributed by atoms with Crippen molar-refractivity contribution in [3.8, 4) is 22.8 Å². The molecular formula is C39H21N3S2. The van der Waals surface area contributed by atoms with Crippen molar-refractivity contribution in [2.75, 3.05) is 0 Å². The lowest BCUT2D eigenvalue weighted by molar-refractivity contribution is 1.21. The predicted molar refractivity (Wildman–Crippen MR) is 189 cm³/mol. The second-order valence-corrected chi connectivity index (χ2v) is 13.3. The Kier molecular flexibility index (Phi) is 5.03. The van der Waals surface area contributed by atoms with E-state index < -0.39 is 0 Å². The van der Waals surface area contributed by atoms with Gasteiger partial charge < -0.3 is 0 Å². The molecule has 0 N–H and O–H groups in total.